The Morgan fingerprint density at radius 1 is 1.50 bits per heavy atom. The Balaban J connectivity index is 1.74. The summed E-state index contributed by atoms with van der Waals surface area (Å²) in [6.07, 6.45) is 2.72. The lowest BCUT2D eigenvalue weighted by Gasteiger charge is -2.15. The first-order valence-corrected chi connectivity index (χ1v) is 8.53. The van der Waals surface area contributed by atoms with Gasteiger partial charge < -0.3 is 10.2 Å². The average molecular weight is 336 g/mol. The van der Waals surface area contributed by atoms with Gasteiger partial charge in [0.2, 0.25) is 0 Å². The number of rotatable bonds is 4. The largest absolute Gasteiger partial charge is 0.338 e. The smallest absolute Gasteiger partial charge is 0.265 e. The Morgan fingerprint density at radius 3 is 3.09 bits per heavy atom. The summed E-state index contributed by atoms with van der Waals surface area (Å²) < 4.78 is 0. The molecular formula is C16H18ClN3OS. The number of carbonyl (C=O) groups is 1. The minimum atomic E-state index is 0.0782. The summed E-state index contributed by atoms with van der Waals surface area (Å²) in [5.41, 5.74) is 0.877. The molecule has 3 rings (SSSR count). The van der Waals surface area contributed by atoms with E-state index in [1.54, 1.807) is 6.20 Å². The van der Waals surface area contributed by atoms with E-state index in [9.17, 15) is 4.79 Å². The second-order valence-corrected chi connectivity index (χ2v) is 6.91. The standard InChI is InChI=1S/C16H18ClN3OS/c1-18-8-11-6-7-20(10-11)16(21)14-9-19-15(22-14)12-4-2-3-5-13(12)17/h2-5,9,11,18H,6-8,10H2,1H3. The third-order valence-electron chi connectivity index (χ3n) is 3.89. The fourth-order valence-electron chi connectivity index (χ4n) is 2.76. The second kappa shape index (κ2) is 6.77. The van der Waals surface area contributed by atoms with Gasteiger partial charge in [-0.15, -0.1) is 11.3 Å². The zero-order valence-corrected chi connectivity index (χ0v) is 14.0. The molecule has 1 atom stereocenters. The van der Waals surface area contributed by atoms with Gasteiger partial charge >= 0.3 is 0 Å². The number of nitrogens with one attached hydrogen (secondary N) is 1. The predicted molar refractivity (Wildman–Crippen MR) is 90.5 cm³/mol. The maximum absolute atomic E-state index is 12.6. The second-order valence-electron chi connectivity index (χ2n) is 5.47. The van der Waals surface area contributed by atoms with Gasteiger partial charge in [0.05, 0.1) is 11.2 Å². The summed E-state index contributed by atoms with van der Waals surface area (Å²) in [5, 5.41) is 4.63. The lowest BCUT2D eigenvalue weighted by molar-refractivity contribution is 0.0792. The van der Waals surface area contributed by atoms with Crippen molar-refractivity contribution in [1.29, 1.82) is 0 Å². The quantitative estimate of drug-likeness (QED) is 0.933. The van der Waals surface area contributed by atoms with Crippen molar-refractivity contribution in [3.8, 4) is 10.6 Å². The van der Waals surface area contributed by atoms with E-state index >= 15 is 0 Å². The van der Waals surface area contributed by atoms with Crippen LogP contribution in [0.3, 0.4) is 0 Å². The van der Waals surface area contributed by atoms with Crippen LogP contribution in [0.15, 0.2) is 30.5 Å². The Kier molecular flexibility index (Phi) is 4.76. The number of thiazole rings is 1. The molecule has 1 amide bonds. The van der Waals surface area contributed by atoms with Crippen molar-refractivity contribution < 1.29 is 4.79 Å². The maximum Gasteiger partial charge on any atom is 0.265 e. The molecule has 116 valence electrons. The molecular weight excluding hydrogens is 318 g/mol. The lowest BCUT2D eigenvalue weighted by Crippen LogP contribution is -2.29. The monoisotopic (exact) mass is 335 g/mol. The fourth-order valence-corrected chi connectivity index (χ4v) is 3.97. The molecule has 1 fully saturated rings. The van der Waals surface area contributed by atoms with Crippen LogP contribution in [-0.4, -0.2) is 42.5 Å². The van der Waals surface area contributed by atoms with E-state index in [2.05, 4.69) is 10.3 Å². The third-order valence-corrected chi connectivity index (χ3v) is 5.23. The highest BCUT2D eigenvalue weighted by Gasteiger charge is 2.27. The molecule has 6 heteroatoms. The van der Waals surface area contributed by atoms with Gasteiger partial charge in [-0.1, -0.05) is 29.8 Å². The van der Waals surface area contributed by atoms with Gasteiger partial charge in [-0.05, 0) is 32.0 Å². The zero-order chi connectivity index (χ0) is 15.5. The predicted octanol–water partition coefficient (Wildman–Crippen LogP) is 3.15. The molecule has 1 aromatic carbocycles. The number of benzene rings is 1. The molecule has 4 nitrogen and oxygen atoms in total. The Hall–Kier alpha value is -1.43. The minimum absolute atomic E-state index is 0.0782. The normalized spacial score (nSPS) is 17.9. The van der Waals surface area contributed by atoms with E-state index in [1.807, 2.05) is 36.2 Å². The third kappa shape index (κ3) is 3.16. The highest BCUT2D eigenvalue weighted by Crippen LogP contribution is 2.31. The van der Waals surface area contributed by atoms with Gasteiger partial charge in [-0.3, -0.25) is 4.79 Å². The molecule has 1 saturated heterocycles. The van der Waals surface area contributed by atoms with Crippen molar-refractivity contribution >= 4 is 28.8 Å². The highest BCUT2D eigenvalue weighted by molar-refractivity contribution is 7.17. The van der Waals surface area contributed by atoms with Crippen LogP contribution < -0.4 is 5.32 Å². The van der Waals surface area contributed by atoms with Crippen LogP contribution in [-0.2, 0) is 0 Å². The van der Waals surface area contributed by atoms with Gasteiger partial charge in [0.1, 0.15) is 9.88 Å². The Morgan fingerprint density at radius 2 is 2.32 bits per heavy atom. The van der Waals surface area contributed by atoms with Crippen molar-refractivity contribution in [2.24, 2.45) is 5.92 Å². The fraction of sp³-hybridized carbons (Fsp3) is 0.375. The minimum Gasteiger partial charge on any atom is -0.338 e. The molecule has 0 spiro atoms. The van der Waals surface area contributed by atoms with Crippen LogP contribution in [0.25, 0.3) is 10.6 Å². The van der Waals surface area contributed by atoms with E-state index < -0.39 is 0 Å². The van der Waals surface area contributed by atoms with Crippen LogP contribution in [0.5, 0.6) is 0 Å². The number of amides is 1. The molecule has 0 bridgehead atoms. The van der Waals surface area contributed by atoms with Gasteiger partial charge in [-0.25, -0.2) is 4.98 Å². The van der Waals surface area contributed by atoms with Crippen LogP contribution in [0.1, 0.15) is 16.1 Å². The van der Waals surface area contributed by atoms with E-state index in [1.165, 1.54) is 11.3 Å². The molecule has 1 aromatic heterocycles. The summed E-state index contributed by atoms with van der Waals surface area (Å²) in [5.74, 6) is 0.624. The summed E-state index contributed by atoms with van der Waals surface area (Å²) in [6.45, 7) is 2.60. The molecule has 1 N–H and O–H groups in total. The SMILES string of the molecule is CNCC1CCN(C(=O)c2cnc(-c3ccccc3Cl)s2)C1. The van der Waals surface area contributed by atoms with Gasteiger partial charge in [0.15, 0.2) is 0 Å². The number of halogens is 1. The average Bonchev–Trinajstić information content (AvgIpc) is 3.17. The number of nitrogens with zero attached hydrogens (tertiary/aromatic N) is 2. The van der Waals surface area contributed by atoms with Gasteiger partial charge in [0.25, 0.3) is 5.91 Å². The van der Waals surface area contributed by atoms with Crippen LogP contribution >= 0.6 is 22.9 Å². The summed E-state index contributed by atoms with van der Waals surface area (Å²) >= 11 is 7.60. The van der Waals surface area contributed by atoms with Crippen LogP contribution in [0, 0.1) is 5.92 Å². The molecule has 1 aliphatic rings. The lowest BCUT2D eigenvalue weighted by atomic mass is 10.1. The van der Waals surface area contributed by atoms with Gasteiger partial charge in [0, 0.05) is 18.7 Å². The first-order valence-electron chi connectivity index (χ1n) is 7.33. The number of hydrogen-bond donors (Lipinski definition) is 1. The first kappa shape index (κ1) is 15.5. The zero-order valence-electron chi connectivity index (χ0n) is 12.4. The number of carbonyl (C=O) groups excluding carboxylic acids is 1. The van der Waals surface area contributed by atoms with Crippen molar-refractivity contribution in [3.05, 3.63) is 40.4 Å². The maximum atomic E-state index is 12.6. The van der Waals surface area contributed by atoms with E-state index in [0.29, 0.717) is 15.8 Å². The molecule has 22 heavy (non-hydrogen) atoms. The van der Waals surface area contributed by atoms with E-state index in [-0.39, 0.29) is 5.91 Å². The van der Waals surface area contributed by atoms with E-state index in [4.69, 9.17) is 11.6 Å². The summed E-state index contributed by atoms with van der Waals surface area (Å²) in [6, 6.07) is 7.57. The van der Waals surface area contributed by atoms with Gasteiger partial charge in [-0.2, -0.15) is 0 Å². The van der Waals surface area contributed by atoms with E-state index in [0.717, 1.165) is 36.6 Å². The molecule has 0 saturated carbocycles. The molecule has 2 aromatic rings. The Bertz CT molecular complexity index is 673. The molecule has 2 heterocycles. The number of aromatic nitrogens is 1. The summed E-state index contributed by atoms with van der Waals surface area (Å²) in [7, 11) is 1.95. The molecule has 1 aliphatic heterocycles. The van der Waals surface area contributed by atoms with Crippen molar-refractivity contribution in [2.45, 2.75) is 6.42 Å². The molecule has 0 aliphatic carbocycles. The number of hydrogen-bond acceptors (Lipinski definition) is 4. The van der Waals surface area contributed by atoms with Crippen molar-refractivity contribution in [3.63, 3.8) is 0 Å². The first-order chi connectivity index (χ1) is 10.7. The van der Waals surface area contributed by atoms with Crippen molar-refractivity contribution in [2.75, 3.05) is 26.7 Å². The molecule has 1 unspecified atom stereocenters. The van der Waals surface area contributed by atoms with Crippen LogP contribution in [0.2, 0.25) is 5.02 Å². The Labute approximate surface area is 139 Å². The topological polar surface area (TPSA) is 45.2 Å². The molecule has 0 radical (unpaired) electrons. The summed E-state index contributed by atoms with van der Waals surface area (Å²) in [4.78, 5) is 19.5. The highest BCUT2D eigenvalue weighted by atomic mass is 35.5. The van der Waals surface area contributed by atoms with Crippen LogP contribution in [0.4, 0.5) is 0 Å². The van der Waals surface area contributed by atoms with Crippen molar-refractivity contribution in [1.82, 2.24) is 15.2 Å². The number of likely N-dealkylation sites (tertiary alicyclic amines) is 1.